The summed E-state index contributed by atoms with van der Waals surface area (Å²) in [4.78, 5) is 16.6. The topological polar surface area (TPSA) is 44.8 Å². The van der Waals surface area contributed by atoms with Gasteiger partial charge in [0.25, 0.3) is 0 Å². The Morgan fingerprint density at radius 3 is 2.81 bits per heavy atom. The molecule has 0 bridgehead atoms. The number of nitrogens with zero attached hydrogens (tertiary/aromatic N) is 2. The molecule has 1 aliphatic heterocycles. The zero-order valence-corrected chi connectivity index (χ0v) is 13.3. The van der Waals surface area contributed by atoms with E-state index in [-0.39, 0.29) is 12.1 Å². The van der Waals surface area contributed by atoms with Gasteiger partial charge in [-0.25, -0.2) is 4.79 Å². The van der Waals surface area contributed by atoms with E-state index in [4.69, 9.17) is 4.74 Å². The molecule has 1 heterocycles. The number of piperidine rings is 1. The van der Waals surface area contributed by atoms with Crippen LogP contribution in [0.15, 0.2) is 24.3 Å². The summed E-state index contributed by atoms with van der Waals surface area (Å²) in [5, 5.41) is 2.94. The first-order valence-corrected chi connectivity index (χ1v) is 7.38. The molecule has 1 N–H and O–H groups in total. The van der Waals surface area contributed by atoms with Crippen LogP contribution in [0.4, 0.5) is 10.5 Å². The molecule has 21 heavy (non-hydrogen) atoms. The zero-order valence-electron chi connectivity index (χ0n) is 13.3. The molecule has 2 amide bonds. The van der Waals surface area contributed by atoms with Gasteiger partial charge in [0.1, 0.15) is 5.75 Å². The molecule has 0 aromatic heterocycles. The van der Waals surface area contributed by atoms with Crippen molar-refractivity contribution < 1.29 is 9.53 Å². The van der Waals surface area contributed by atoms with Gasteiger partial charge in [-0.05, 0) is 38.1 Å². The van der Waals surface area contributed by atoms with Crippen LogP contribution >= 0.6 is 0 Å². The van der Waals surface area contributed by atoms with Crippen molar-refractivity contribution in [3.8, 4) is 5.75 Å². The van der Waals surface area contributed by atoms with Crippen LogP contribution < -0.4 is 10.1 Å². The van der Waals surface area contributed by atoms with Gasteiger partial charge < -0.3 is 19.9 Å². The molecule has 0 saturated carbocycles. The maximum absolute atomic E-state index is 12.5. The third-order valence-electron chi connectivity index (χ3n) is 4.23. The van der Waals surface area contributed by atoms with E-state index < -0.39 is 0 Å². The highest BCUT2D eigenvalue weighted by Gasteiger charge is 2.30. The van der Waals surface area contributed by atoms with E-state index in [9.17, 15) is 4.79 Å². The van der Waals surface area contributed by atoms with Gasteiger partial charge in [0, 0.05) is 19.6 Å². The molecule has 0 aliphatic carbocycles. The lowest BCUT2D eigenvalue weighted by Crippen LogP contribution is -2.50. The summed E-state index contributed by atoms with van der Waals surface area (Å²) in [7, 11) is 5.60. The molecular formula is C16H25N3O2. The van der Waals surface area contributed by atoms with E-state index in [2.05, 4.69) is 24.2 Å². The molecule has 1 saturated heterocycles. The van der Waals surface area contributed by atoms with Gasteiger partial charge in [-0.15, -0.1) is 0 Å². The number of ether oxygens (including phenoxy) is 1. The Morgan fingerprint density at radius 2 is 2.14 bits per heavy atom. The Bertz CT molecular complexity index is 492. The molecule has 1 aromatic carbocycles. The number of benzene rings is 1. The largest absolute Gasteiger partial charge is 0.495 e. The first-order chi connectivity index (χ1) is 10.0. The number of rotatable bonds is 3. The van der Waals surface area contributed by atoms with E-state index >= 15 is 0 Å². The summed E-state index contributed by atoms with van der Waals surface area (Å²) >= 11 is 0. The summed E-state index contributed by atoms with van der Waals surface area (Å²) in [5.41, 5.74) is 0.706. The van der Waals surface area contributed by atoms with Crippen LogP contribution in [-0.2, 0) is 0 Å². The van der Waals surface area contributed by atoms with Crippen LogP contribution in [0, 0.1) is 5.92 Å². The smallest absolute Gasteiger partial charge is 0.321 e. The van der Waals surface area contributed by atoms with E-state index in [0.29, 0.717) is 17.4 Å². The van der Waals surface area contributed by atoms with Gasteiger partial charge in [-0.2, -0.15) is 0 Å². The van der Waals surface area contributed by atoms with Crippen LogP contribution in [0.5, 0.6) is 5.75 Å². The summed E-state index contributed by atoms with van der Waals surface area (Å²) in [6, 6.07) is 7.65. The highest BCUT2D eigenvalue weighted by molar-refractivity contribution is 5.91. The first-order valence-electron chi connectivity index (χ1n) is 7.38. The van der Waals surface area contributed by atoms with Crippen molar-refractivity contribution in [2.75, 3.05) is 39.6 Å². The molecule has 0 unspecified atom stereocenters. The predicted octanol–water partition coefficient (Wildman–Crippen LogP) is 2.50. The number of para-hydroxylation sites is 2. The molecule has 1 aliphatic rings. The Balaban J connectivity index is 2.02. The Hall–Kier alpha value is -1.75. The number of amides is 2. The lowest BCUT2D eigenvalue weighted by Gasteiger charge is -2.39. The Kier molecular flexibility index (Phi) is 5.07. The normalized spacial score (nSPS) is 22.7. The summed E-state index contributed by atoms with van der Waals surface area (Å²) in [6.45, 7) is 4.26. The van der Waals surface area contributed by atoms with Gasteiger partial charge in [-0.1, -0.05) is 19.1 Å². The molecular weight excluding hydrogens is 266 g/mol. The van der Waals surface area contributed by atoms with E-state index in [1.807, 2.05) is 36.2 Å². The van der Waals surface area contributed by atoms with E-state index in [0.717, 1.165) is 19.5 Å². The maximum atomic E-state index is 12.5. The van der Waals surface area contributed by atoms with Gasteiger partial charge in [0.2, 0.25) is 0 Å². The van der Waals surface area contributed by atoms with E-state index in [1.165, 1.54) is 0 Å². The lowest BCUT2D eigenvalue weighted by molar-refractivity contribution is 0.113. The van der Waals surface area contributed by atoms with Crippen molar-refractivity contribution in [1.82, 2.24) is 9.80 Å². The highest BCUT2D eigenvalue weighted by atomic mass is 16.5. The van der Waals surface area contributed by atoms with Gasteiger partial charge in [0.05, 0.1) is 12.8 Å². The second kappa shape index (κ2) is 6.80. The van der Waals surface area contributed by atoms with Crippen LogP contribution in [0.1, 0.15) is 13.3 Å². The Morgan fingerprint density at radius 1 is 1.43 bits per heavy atom. The zero-order chi connectivity index (χ0) is 15.4. The van der Waals surface area contributed by atoms with Gasteiger partial charge >= 0.3 is 6.03 Å². The van der Waals surface area contributed by atoms with E-state index in [1.54, 1.807) is 7.11 Å². The molecule has 0 radical (unpaired) electrons. The monoisotopic (exact) mass is 291 g/mol. The molecule has 1 fully saturated rings. The van der Waals surface area contributed by atoms with Crippen LogP contribution in [0.3, 0.4) is 0 Å². The number of hydrogen-bond acceptors (Lipinski definition) is 3. The summed E-state index contributed by atoms with van der Waals surface area (Å²) in [5.74, 6) is 1.15. The highest BCUT2D eigenvalue weighted by Crippen LogP contribution is 2.25. The number of carbonyl (C=O) groups is 1. The lowest BCUT2D eigenvalue weighted by atomic mass is 9.93. The fourth-order valence-corrected chi connectivity index (χ4v) is 3.02. The number of likely N-dealkylation sites (tertiary alicyclic amines) is 1. The Labute approximate surface area is 126 Å². The second-order valence-corrected chi connectivity index (χ2v) is 5.84. The summed E-state index contributed by atoms with van der Waals surface area (Å²) in [6.07, 6.45) is 1.01. The minimum atomic E-state index is -0.0825. The van der Waals surface area contributed by atoms with Crippen molar-refractivity contribution in [1.29, 1.82) is 0 Å². The molecule has 0 spiro atoms. The molecule has 1 aromatic rings. The fraction of sp³-hybridized carbons (Fsp3) is 0.562. The summed E-state index contributed by atoms with van der Waals surface area (Å²) < 4.78 is 5.27. The minimum Gasteiger partial charge on any atom is -0.495 e. The molecule has 5 heteroatoms. The van der Waals surface area contributed by atoms with Crippen LogP contribution in [0.25, 0.3) is 0 Å². The van der Waals surface area contributed by atoms with Crippen molar-refractivity contribution in [2.45, 2.75) is 19.4 Å². The number of anilines is 1. The number of nitrogens with one attached hydrogen (secondary N) is 1. The molecule has 2 atom stereocenters. The number of hydrogen-bond donors (Lipinski definition) is 1. The third-order valence-corrected chi connectivity index (χ3v) is 4.23. The van der Waals surface area contributed by atoms with Crippen LogP contribution in [0.2, 0.25) is 0 Å². The van der Waals surface area contributed by atoms with Gasteiger partial charge in [-0.3, -0.25) is 0 Å². The van der Waals surface area contributed by atoms with Crippen molar-refractivity contribution in [3.63, 3.8) is 0 Å². The quantitative estimate of drug-likeness (QED) is 0.930. The number of carbonyl (C=O) groups excluding carboxylic acids is 1. The molecule has 2 rings (SSSR count). The van der Waals surface area contributed by atoms with Crippen molar-refractivity contribution in [3.05, 3.63) is 24.3 Å². The molecule has 5 nitrogen and oxygen atoms in total. The average Bonchev–Trinajstić information content (AvgIpc) is 2.47. The fourth-order valence-electron chi connectivity index (χ4n) is 3.02. The minimum absolute atomic E-state index is 0.0825. The third kappa shape index (κ3) is 3.67. The second-order valence-electron chi connectivity index (χ2n) is 5.84. The number of urea groups is 1. The van der Waals surface area contributed by atoms with Crippen molar-refractivity contribution >= 4 is 11.7 Å². The van der Waals surface area contributed by atoms with Crippen LogP contribution in [-0.4, -0.2) is 56.2 Å². The van der Waals surface area contributed by atoms with Gasteiger partial charge in [0.15, 0.2) is 0 Å². The average molecular weight is 291 g/mol. The maximum Gasteiger partial charge on any atom is 0.321 e. The first kappa shape index (κ1) is 15.6. The number of methoxy groups -OCH3 is 1. The standard InChI is InChI=1S/C16H25N3O2/c1-12-11-18(2)10-9-14(12)19(3)16(20)17-13-7-5-6-8-15(13)21-4/h5-8,12,14H,9-11H2,1-4H3,(H,17,20)/t12-,14+/m1/s1. The van der Waals surface area contributed by atoms with Crippen molar-refractivity contribution in [2.24, 2.45) is 5.92 Å². The predicted molar refractivity (Wildman–Crippen MR) is 84.8 cm³/mol. The SMILES string of the molecule is COc1ccccc1NC(=O)N(C)[C@H]1CCN(C)C[C@H]1C. The molecule has 116 valence electrons.